The van der Waals surface area contributed by atoms with Crippen molar-refractivity contribution in [2.24, 2.45) is 0 Å². The lowest BCUT2D eigenvalue weighted by Gasteiger charge is -2.43. The van der Waals surface area contributed by atoms with E-state index in [0.717, 1.165) is 82.5 Å². The summed E-state index contributed by atoms with van der Waals surface area (Å²) in [6.45, 7) is 7.90. The topological polar surface area (TPSA) is 59.1 Å². The molecule has 4 fully saturated rings. The lowest BCUT2D eigenvalue weighted by Crippen LogP contribution is -2.56. The summed E-state index contributed by atoms with van der Waals surface area (Å²) in [6, 6.07) is 9.14. The van der Waals surface area contributed by atoms with Gasteiger partial charge in [-0.3, -0.25) is 19.4 Å². The second kappa shape index (κ2) is 11.1. The van der Waals surface area contributed by atoms with Gasteiger partial charge in [0.25, 0.3) is 5.91 Å². The number of rotatable bonds is 6. The Morgan fingerprint density at radius 2 is 1.56 bits per heavy atom. The van der Waals surface area contributed by atoms with Crippen molar-refractivity contribution in [1.29, 1.82) is 0 Å². The number of nitrogens with zero attached hydrogens (tertiary/aromatic N) is 4. The van der Waals surface area contributed by atoms with E-state index in [1.54, 1.807) is 0 Å². The predicted octanol–water partition coefficient (Wildman–Crippen LogP) is 2.57. The summed E-state index contributed by atoms with van der Waals surface area (Å²) < 4.78 is 0. The summed E-state index contributed by atoms with van der Waals surface area (Å²) >= 11 is 0. The maximum atomic E-state index is 12.9. The van der Waals surface area contributed by atoms with Crippen LogP contribution in [0.15, 0.2) is 24.3 Å². The van der Waals surface area contributed by atoms with Crippen molar-refractivity contribution in [2.75, 3.05) is 63.8 Å². The third kappa shape index (κ3) is 5.74. The van der Waals surface area contributed by atoms with Gasteiger partial charge >= 0.3 is 0 Å². The number of hydrogen-bond donors (Lipinski definition) is 1. The van der Waals surface area contributed by atoms with Crippen LogP contribution in [0.1, 0.15) is 61.7 Å². The fourth-order valence-electron chi connectivity index (χ4n) is 5.90. The minimum Gasteiger partial charge on any atom is -0.369 e. The van der Waals surface area contributed by atoms with Crippen molar-refractivity contribution in [1.82, 2.24) is 20.0 Å². The van der Waals surface area contributed by atoms with E-state index in [1.807, 2.05) is 18.2 Å². The van der Waals surface area contributed by atoms with Gasteiger partial charge in [0, 0.05) is 75.7 Å². The van der Waals surface area contributed by atoms with Crippen LogP contribution in [-0.2, 0) is 4.79 Å². The highest BCUT2D eigenvalue weighted by Crippen LogP contribution is 2.25. The van der Waals surface area contributed by atoms with Crippen molar-refractivity contribution in [3.8, 4) is 0 Å². The average Bonchev–Trinajstić information content (AvgIpc) is 2.84. The maximum absolute atomic E-state index is 12.9. The first-order valence-electron chi connectivity index (χ1n) is 13.6. The monoisotopic (exact) mass is 467 g/mol. The Labute approximate surface area is 204 Å². The van der Waals surface area contributed by atoms with Crippen molar-refractivity contribution >= 4 is 17.5 Å². The zero-order valence-corrected chi connectivity index (χ0v) is 20.6. The van der Waals surface area contributed by atoms with Gasteiger partial charge in [0.2, 0.25) is 5.91 Å². The molecule has 7 nitrogen and oxygen atoms in total. The van der Waals surface area contributed by atoms with E-state index in [9.17, 15) is 9.59 Å². The number of nitrogens with one attached hydrogen (secondary N) is 1. The molecular formula is C27H41N5O2. The minimum absolute atomic E-state index is 0.0513. The molecule has 0 radical (unpaired) electrons. The number of anilines is 1. The van der Waals surface area contributed by atoms with Crippen LogP contribution in [0.25, 0.3) is 0 Å². The molecule has 2 amide bonds. The fraction of sp³-hybridized carbons (Fsp3) is 0.704. The predicted molar refractivity (Wildman–Crippen MR) is 135 cm³/mol. The molecule has 1 aromatic carbocycles. The number of piperazine rings is 2. The first-order valence-corrected chi connectivity index (χ1v) is 13.6. The minimum atomic E-state index is 0.0513. The Morgan fingerprint density at radius 1 is 0.824 bits per heavy atom. The summed E-state index contributed by atoms with van der Waals surface area (Å²) in [7, 11) is 0. The molecule has 0 unspecified atom stereocenters. The summed E-state index contributed by atoms with van der Waals surface area (Å²) in [5.74, 6) is 0.332. The molecule has 1 aromatic rings. The zero-order chi connectivity index (χ0) is 23.3. The third-order valence-corrected chi connectivity index (χ3v) is 8.40. The molecule has 0 spiro atoms. The molecule has 4 aliphatic rings. The molecule has 5 rings (SSSR count). The van der Waals surface area contributed by atoms with Crippen LogP contribution in [0, 0.1) is 0 Å². The SMILES string of the molecule is O=C(NC1CCCCC1)c1cccc(N2CCN(CC(=O)N3CCN(C4CCC4)CC3)CC2)c1. The molecule has 2 saturated carbocycles. The molecule has 2 heterocycles. The van der Waals surface area contributed by atoms with Gasteiger partial charge in [0.15, 0.2) is 0 Å². The number of hydrogen-bond acceptors (Lipinski definition) is 5. The number of carbonyl (C=O) groups excluding carboxylic acids is 2. The van der Waals surface area contributed by atoms with Gasteiger partial charge in [-0.05, 0) is 43.9 Å². The smallest absolute Gasteiger partial charge is 0.251 e. The lowest BCUT2D eigenvalue weighted by molar-refractivity contribution is -0.134. The molecule has 2 saturated heterocycles. The summed E-state index contributed by atoms with van der Waals surface area (Å²) in [5.41, 5.74) is 1.86. The highest BCUT2D eigenvalue weighted by Gasteiger charge is 2.30. The van der Waals surface area contributed by atoms with Crippen molar-refractivity contribution in [3.63, 3.8) is 0 Å². The Balaban J connectivity index is 1.07. The molecular weight excluding hydrogens is 426 g/mol. The Kier molecular flexibility index (Phi) is 7.70. The number of amides is 2. The molecule has 0 bridgehead atoms. The molecule has 2 aliphatic carbocycles. The van der Waals surface area contributed by atoms with E-state index in [4.69, 9.17) is 0 Å². The second-order valence-electron chi connectivity index (χ2n) is 10.6. The van der Waals surface area contributed by atoms with Gasteiger partial charge in [0.1, 0.15) is 0 Å². The van der Waals surface area contributed by atoms with E-state index in [1.165, 1.54) is 38.5 Å². The maximum Gasteiger partial charge on any atom is 0.251 e. The van der Waals surface area contributed by atoms with Crippen molar-refractivity contribution in [3.05, 3.63) is 29.8 Å². The molecule has 2 aliphatic heterocycles. The normalized spacial score (nSPS) is 23.5. The Morgan fingerprint density at radius 3 is 2.24 bits per heavy atom. The molecule has 0 atom stereocenters. The van der Waals surface area contributed by atoms with E-state index >= 15 is 0 Å². The van der Waals surface area contributed by atoms with Gasteiger partial charge in [-0.25, -0.2) is 0 Å². The fourth-order valence-corrected chi connectivity index (χ4v) is 5.90. The van der Waals surface area contributed by atoms with Crippen LogP contribution in [-0.4, -0.2) is 97.5 Å². The summed E-state index contributed by atoms with van der Waals surface area (Å²) in [5, 5.41) is 3.23. The van der Waals surface area contributed by atoms with Gasteiger partial charge < -0.3 is 15.1 Å². The lowest BCUT2D eigenvalue weighted by atomic mass is 9.91. The quantitative estimate of drug-likeness (QED) is 0.697. The molecule has 7 heteroatoms. The van der Waals surface area contributed by atoms with Crippen LogP contribution in [0.5, 0.6) is 0 Å². The highest BCUT2D eigenvalue weighted by molar-refractivity contribution is 5.95. The van der Waals surface area contributed by atoms with Gasteiger partial charge in [-0.1, -0.05) is 31.7 Å². The summed E-state index contributed by atoms with van der Waals surface area (Å²) in [6.07, 6.45) is 9.97. The zero-order valence-electron chi connectivity index (χ0n) is 20.6. The first-order chi connectivity index (χ1) is 16.7. The van der Waals surface area contributed by atoms with Crippen LogP contribution in [0.2, 0.25) is 0 Å². The van der Waals surface area contributed by atoms with Gasteiger partial charge in [-0.15, -0.1) is 0 Å². The average molecular weight is 468 g/mol. The first kappa shape index (κ1) is 23.6. The van der Waals surface area contributed by atoms with Crippen LogP contribution in [0.4, 0.5) is 5.69 Å². The summed E-state index contributed by atoms with van der Waals surface area (Å²) in [4.78, 5) is 34.9. The number of carbonyl (C=O) groups is 2. The van der Waals surface area contributed by atoms with Crippen LogP contribution in [0.3, 0.4) is 0 Å². The third-order valence-electron chi connectivity index (χ3n) is 8.40. The molecule has 1 N–H and O–H groups in total. The van der Waals surface area contributed by atoms with Crippen LogP contribution >= 0.6 is 0 Å². The Hall–Kier alpha value is -2.12. The van der Waals surface area contributed by atoms with E-state index in [2.05, 4.69) is 31.0 Å². The van der Waals surface area contributed by atoms with E-state index < -0.39 is 0 Å². The largest absolute Gasteiger partial charge is 0.369 e. The standard InChI is InChI=1S/C27H41N5O2/c33-26(32-18-16-30(17-19-32)24-9-5-10-24)21-29-12-14-31(15-13-29)25-11-4-6-22(20-25)27(34)28-23-7-2-1-3-8-23/h4,6,11,20,23-24H,1-3,5,7-10,12-19,21H2,(H,28,34). The highest BCUT2D eigenvalue weighted by atomic mass is 16.2. The van der Waals surface area contributed by atoms with Crippen molar-refractivity contribution < 1.29 is 9.59 Å². The molecule has 0 aromatic heterocycles. The number of benzene rings is 1. The Bertz CT molecular complexity index is 835. The van der Waals surface area contributed by atoms with E-state index in [-0.39, 0.29) is 11.8 Å². The van der Waals surface area contributed by atoms with Gasteiger partial charge in [-0.2, -0.15) is 0 Å². The molecule has 34 heavy (non-hydrogen) atoms. The molecule has 186 valence electrons. The second-order valence-corrected chi connectivity index (χ2v) is 10.6. The van der Waals surface area contributed by atoms with Crippen molar-refractivity contribution in [2.45, 2.75) is 63.5 Å². The van der Waals surface area contributed by atoms with Gasteiger partial charge in [0.05, 0.1) is 6.54 Å². The van der Waals surface area contributed by atoms with E-state index in [0.29, 0.717) is 12.6 Å². The van der Waals surface area contributed by atoms with Crippen LogP contribution < -0.4 is 10.2 Å².